The van der Waals surface area contributed by atoms with Crippen LogP contribution in [0, 0.1) is 6.92 Å². The zero-order valence-corrected chi connectivity index (χ0v) is 11.3. The molecule has 20 heavy (non-hydrogen) atoms. The lowest BCUT2D eigenvalue weighted by molar-refractivity contribution is 0.249. The molecule has 0 aliphatic carbocycles. The maximum absolute atomic E-state index is 11.8. The summed E-state index contributed by atoms with van der Waals surface area (Å²) in [5, 5.41) is 9.08. The third-order valence-electron chi connectivity index (χ3n) is 2.40. The van der Waals surface area contributed by atoms with Crippen LogP contribution in [0.15, 0.2) is 28.9 Å². The third kappa shape index (κ3) is 3.71. The number of aromatic nitrogens is 2. The van der Waals surface area contributed by atoms with E-state index in [2.05, 4.69) is 20.8 Å². The van der Waals surface area contributed by atoms with Crippen molar-refractivity contribution in [3.63, 3.8) is 0 Å². The number of carbonyl (C=O) groups is 1. The quantitative estimate of drug-likeness (QED) is 0.872. The first kappa shape index (κ1) is 13.9. The Hall–Kier alpha value is -2.57. The minimum Gasteiger partial charge on any atom is -0.476 e. The number of urea groups is 1. The summed E-state index contributed by atoms with van der Waals surface area (Å²) in [6, 6.07) is 4.83. The number of rotatable bonds is 5. The van der Waals surface area contributed by atoms with Gasteiger partial charge in [-0.3, -0.25) is 0 Å². The van der Waals surface area contributed by atoms with Crippen molar-refractivity contribution >= 4 is 11.7 Å². The number of ether oxygens (including phenoxy) is 1. The van der Waals surface area contributed by atoms with E-state index in [0.29, 0.717) is 23.9 Å². The highest BCUT2D eigenvalue weighted by Crippen LogP contribution is 2.20. The van der Waals surface area contributed by atoms with Gasteiger partial charge in [0.2, 0.25) is 5.88 Å². The van der Waals surface area contributed by atoms with E-state index in [1.807, 2.05) is 13.8 Å². The van der Waals surface area contributed by atoms with Crippen LogP contribution in [0.1, 0.15) is 18.4 Å². The summed E-state index contributed by atoms with van der Waals surface area (Å²) in [7, 11) is 0. The molecule has 2 heterocycles. The number of anilines is 1. The Morgan fingerprint density at radius 1 is 1.50 bits per heavy atom. The highest BCUT2D eigenvalue weighted by molar-refractivity contribution is 5.90. The fourth-order valence-corrected chi connectivity index (χ4v) is 1.57. The molecule has 0 fully saturated rings. The minimum atomic E-state index is -0.368. The molecule has 0 aromatic carbocycles. The lowest BCUT2D eigenvalue weighted by atomic mass is 10.4. The molecule has 2 rings (SSSR count). The average Bonchev–Trinajstić information content (AvgIpc) is 2.85. The molecule has 2 aromatic rings. The Morgan fingerprint density at radius 3 is 3.05 bits per heavy atom. The van der Waals surface area contributed by atoms with Gasteiger partial charge in [0, 0.05) is 12.3 Å². The predicted octanol–water partition coefficient (Wildman–Crippen LogP) is 2.10. The van der Waals surface area contributed by atoms with Gasteiger partial charge in [0.15, 0.2) is 5.76 Å². The van der Waals surface area contributed by atoms with Gasteiger partial charge in [-0.15, -0.1) is 0 Å². The van der Waals surface area contributed by atoms with E-state index in [0.717, 1.165) is 5.69 Å². The number of aryl methyl sites for hydroxylation is 1. The largest absolute Gasteiger partial charge is 0.476 e. The van der Waals surface area contributed by atoms with Crippen molar-refractivity contribution < 1.29 is 14.1 Å². The lowest BCUT2D eigenvalue weighted by Crippen LogP contribution is -2.28. The van der Waals surface area contributed by atoms with Crippen molar-refractivity contribution in [1.29, 1.82) is 0 Å². The van der Waals surface area contributed by atoms with Gasteiger partial charge in [-0.1, -0.05) is 5.16 Å². The van der Waals surface area contributed by atoms with Crippen LogP contribution in [0.5, 0.6) is 5.88 Å². The second-order valence-corrected chi connectivity index (χ2v) is 4.03. The number of hydrogen-bond acceptors (Lipinski definition) is 5. The van der Waals surface area contributed by atoms with Crippen LogP contribution >= 0.6 is 0 Å². The van der Waals surface area contributed by atoms with Gasteiger partial charge in [-0.2, -0.15) is 0 Å². The molecule has 2 N–H and O–H groups in total. The van der Waals surface area contributed by atoms with Gasteiger partial charge in [0.25, 0.3) is 0 Å². The summed E-state index contributed by atoms with van der Waals surface area (Å²) in [6.07, 6.45) is 1.60. The minimum absolute atomic E-state index is 0.261. The van der Waals surface area contributed by atoms with Gasteiger partial charge in [-0.25, -0.2) is 9.78 Å². The second-order valence-electron chi connectivity index (χ2n) is 4.03. The molecule has 0 unspecified atom stereocenters. The van der Waals surface area contributed by atoms with Crippen LogP contribution in [0.2, 0.25) is 0 Å². The molecule has 7 nitrogen and oxygen atoms in total. The summed E-state index contributed by atoms with van der Waals surface area (Å²) >= 11 is 0. The third-order valence-corrected chi connectivity index (χ3v) is 2.40. The molecule has 7 heteroatoms. The summed E-state index contributed by atoms with van der Waals surface area (Å²) in [5.41, 5.74) is 1.29. The van der Waals surface area contributed by atoms with E-state index in [1.54, 1.807) is 24.4 Å². The molecule has 0 atom stereocenters. The lowest BCUT2D eigenvalue weighted by Gasteiger charge is -2.10. The topological polar surface area (TPSA) is 89.3 Å². The number of carbonyl (C=O) groups excluding carboxylic acids is 1. The van der Waals surface area contributed by atoms with Crippen molar-refractivity contribution in [3.05, 3.63) is 35.9 Å². The van der Waals surface area contributed by atoms with Crippen molar-refractivity contribution in [3.8, 4) is 5.88 Å². The highest BCUT2D eigenvalue weighted by atomic mass is 16.5. The first-order valence-corrected chi connectivity index (χ1v) is 6.24. The number of amides is 2. The monoisotopic (exact) mass is 276 g/mol. The van der Waals surface area contributed by atoms with Crippen LogP contribution in [0.25, 0.3) is 0 Å². The molecule has 0 saturated carbocycles. The maximum Gasteiger partial charge on any atom is 0.319 e. The van der Waals surface area contributed by atoms with Crippen LogP contribution in [0.3, 0.4) is 0 Å². The molecular weight excluding hydrogens is 260 g/mol. The number of nitrogens with zero attached hydrogens (tertiary/aromatic N) is 2. The molecular formula is C13H16N4O3. The van der Waals surface area contributed by atoms with E-state index in [4.69, 9.17) is 9.26 Å². The van der Waals surface area contributed by atoms with Gasteiger partial charge in [-0.05, 0) is 26.0 Å². The molecule has 0 bridgehead atoms. The van der Waals surface area contributed by atoms with E-state index < -0.39 is 0 Å². The van der Waals surface area contributed by atoms with Gasteiger partial charge in [0.05, 0.1) is 18.8 Å². The normalized spacial score (nSPS) is 10.1. The number of nitrogens with one attached hydrogen (secondary N) is 2. The Kier molecular flexibility index (Phi) is 4.54. The smallest absolute Gasteiger partial charge is 0.319 e. The van der Waals surface area contributed by atoms with Crippen molar-refractivity contribution in [2.24, 2.45) is 0 Å². The Morgan fingerprint density at radius 2 is 2.35 bits per heavy atom. The fraction of sp³-hybridized carbons (Fsp3) is 0.308. The molecule has 0 radical (unpaired) electrons. The highest BCUT2D eigenvalue weighted by Gasteiger charge is 2.09. The zero-order chi connectivity index (χ0) is 14.4. The van der Waals surface area contributed by atoms with Crippen LogP contribution < -0.4 is 15.4 Å². The van der Waals surface area contributed by atoms with E-state index in [9.17, 15) is 4.79 Å². The first-order valence-electron chi connectivity index (χ1n) is 6.24. The van der Waals surface area contributed by atoms with Crippen molar-refractivity contribution in [1.82, 2.24) is 15.5 Å². The number of hydrogen-bond donors (Lipinski definition) is 2. The molecule has 2 amide bonds. The first-order chi connectivity index (χ1) is 9.69. The predicted molar refractivity (Wildman–Crippen MR) is 72.5 cm³/mol. The maximum atomic E-state index is 11.8. The Labute approximate surface area is 116 Å². The summed E-state index contributed by atoms with van der Waals surface area (Å²) < 4.78 is 10.3. The SMILES string of the molecule is CCOc1ncccc1NC(=O)NCc1cc(C)no1. The van der Waals surface area contributed by atoms with Crippen LogP contribution in [-0.2, 0) is 6.54 Å². The van der Waals surface area contributed by atoms with E-state index in [-0.39, 0.29) is 12.6 Å². The number of pyridine rings is 1. The summed E-state index contributed by atoms with van der Waals surface area (Å²) in [5.74, 6) is 0.981. The fourth-order valence-electron chi connectivity index (χ4n) is 1.57. The van der Waals surface area contributed by atoms with E-state index in [1.165, 1.54) is 0 Å². The molecule has 2 aromatic heterocycles. The molecule has 0 aliphatic heterocycles. The average molecular weight is 276 g/mol. The van der Waals surface area contributed by atoms with Crippen LogP contribution in [-0.4, -0.2) is 22.8 Å². The standard InChI is InChI=1S/C13H16N4O3/c1-3-19-12-11(5-4-6-14-12)16-13(18)15-8-10-7-9(2)17-20-10/h4-7H,3,8H2,1-2H3,(H2,15,16,18). The molecule has 0 aliphatic rings. The van der Waals surface area contributed by atoms with Crippen molar-refractivity contribution in [2.45, 2.75) is 20.4 Å². The second kappa shape index (κ2) is 6.55. The van der Waals surface area contributed by atoms with E-state index >= 15 is 0 Å². The van der Waals surface area contributed by atoms with Gasteiger partial charge >= 0.3 is 6.03 Å². The zero-order valence-electron chi connectivity index (χ0n) is 11.3. The molecule has 106 valence electrons. The Balaban J connectivity index is 1.91. The summed E-state index contributed by atoms with van der Waals surface area (Å²) in [4.78, 5) is 15.8. The molecule has 0 saturated heterocycles. The van der Waals surface area contributed by atoms with Gasteiger partial charge < -0.3 is 19.9 Å². The summed E-state index contributed by atoms with van der Waals surface area (Å²) in [6.45, 7) is 4.41. The molecule has 0 spiro atoms. The van der Waals surface area contributed by atoms with Crippen molar-refractivity contribution in [2.75, 3.05) is 11.9 Å². The van der Waals surface area contributed by atoms with Gasteiger partial charge in [0.1, 0.15) is 5.69 Å². The van der Waals surface area contributed by atoms with Crippen LogP contribution in [0.4, 0.5) is 10.5 Å². The Bertz CT molecular complexity index is 583.